The number of aromatic nitrogens is 2. The van der Waals surface area contributed by atoms with Crippen molar-refractivity contribution in [2.24, 2.45) is 0 Å². The summed E-state index contributed by atoms with van der Waals surface area (Å²) in [5, 5.41) is 2.72. The second-order valence-electron chi connectivity index (χ2n) is 10.4. The first-order valence-electron chi connectivity index (χ1n) is 12.8. The minimum absolute atomic E-state index is 0.0824. The molecule has 0 saturated carbocycles. The standard InChI is InChI=1S/C29H33IN4O4/c1-5-9-22-16-17-24(34(22)28(37)38-29(2,3)4)19-12-14-21(15-13-19)33-18-23(30)25(32-27(33)36)31-26(35)20-10-7-6-8-11-20/h6-8,10-15,18,22,24H,5,9,16-17H2,1-4H3,(H,31,32,35,36)/t22-,24+/m0/s1. The van der Waals surface area contributed by atoms with Gasteiger partial charge in [-0.25, -0.2) is 9.59 Å². The lowest BCUT2D eigenvalue weighted by molar-refractivity contribution is 0.0136. The van der Waals surface area contributed by atoms with E-state index in [-0.39, 0.29) is 29.9 Å². The van der Waals surface area contributed by atoms with Gasteiger partial charge < -0.3 is 10.1 Å². The van der Waals surface area contributed by atoms with Crippen LogP contribution in [0.2, 0.25) is 0 Å². The zero-order chi connectivity index (χ0) is 27.4. The molecule has 200 valence electrons. The number of benzene rings is 2. The van der Waals surface area contributed by atoms with Gasteiger partial charge in [0, 0.05) is 17.8 Å². The summed E-state index contributed by atoms with van der Waals surface area (Å²) in [5.74, 6) is -0.108. The van der Waals surface area contributed by atoms with Crippen LogP contribution in [0.5, 0.6) is 0 Å². The Morgan fingerprint density at radius 3 is 2.39 bits per heavy atom. The van der Waals surface area contributed by atoms with Gasteiger partial charge in [-0.15, -0.1) is 0 Å². The van der Waals surface area contributed by atoms with E-state index in [0.717, 1.165) is 31.2 Å². The molecule has 2 atom stereocenters. The monoisotopic (exact) mass is 628 g/mol. The van der Waals surface area contributed by atoms with Crippen molar-refractivity contribution in [3.63, 3.8) is 0 Å². The van der Waals surface area contributed by atoms with Crippen molar-refractivity contribution in [1.29, 1.82) is 0 Å². The topological polar surface area (TPSA) is 93.5 Å². The first-order chi connectivity index (χ1) is 18.1. The van der Waals surface area contributed by atoms with Crippen LogP contribution in [-0.4, -0.2) is 38.1 Å². The fourth-order valence-electron chi connectivity index (χ4n) is 4.75. The van der Waals surface area contributed by atoms with Crippen molar-refractivity contribution in [2.45, 2.75) is 71.1 Å². The van der Waals surface area contributed by atoms with E-state index in [1.54, 1.807) is 30.5 Å². The second-order valence-corrected chi connectivity index (χ2v) is 11.6. The number of carbonyl (C=O) groups is 2. The molecule has 0 aliphatic carbocycles. The number of likely N-dealkylation sites (tertiary alicyclic amines) is 1. The van der Waals surface area contributed by atoms with Gasteiger partial charge in [-0.2, -0.15) is 4.98 Å². The molecule has 1 saturated heterocycles. The minimum Gasteiger partial charge on any atom is -0.444 e. The van der Waals surface area contributed by atoms with Crippen LogP contribution in [0.25, 0.3) is 5.69 Å². The maximum Gasteiger partial charge on any atom is 0.411 e. The predicted molar refractivity (Wildman–Crippen MR) is 156 cm³/mol. The van der Waals surface area contributed by atoms with Gasteiger partial charge in [0.1, 0.15) is 5.60 Å². The summed E-state index contributed by atoms with van der Waals surface area (Å²) in [6.45, 7) is 7.77. The van der Waals surface area contributed by atoms with Crippen LogP contribution in [0.15, 0.2) is 65.6 Å². The third-order valence-electron chi connectivity index (χ3n) is 6.43. The number of rotatable bonds is 6. The van der Waals surface area contributed by atoms with Crippen molar-refractivity contribution in [3.8, 4) is 5.69 Å². The molecule has 0 radical (unpaired) electrons. The zero-order valence-corrected chi connectivity index (χ0v) is 24.3. The van der Waals surface area contributed by atoms with Gasteiger partial charge in [0.25, 0.3) is 5.91 Å². The SMILES string of the molecule is CCC[C@H]1CC[C@H](c2ccc(-n3cc(I)c(NC(=O)c4ccccc4)nc3=O)cc2)N1C(=O)OC(C)(C)C. The molecule has 0 unspecified atom stereocenters. The average Bonchev–Trinajstić information content (AvgIpc) is 3.30. The number of anilines is 1. The molecule has 2 aromatic carbocycles. The number of hydrogen-bond acceptors (Lipinski definition) is 5. The number of nitrogens with zero attached hydrogens (tertiary/aromatic N) is 3. The molecule has 8 nitrogen and oxygen atoms in total. The second kappa shape index (κ2) is 11.7. The maximum absolute atomic E-state index is 13.1. The van der Waals surface area contributed by atoms with Crippen molar-refractivity contribution in [1.82, 2.24) is 14.5 Å². The van der Waals surface area contributed by atoms with Gasteiger partial charge in [-0.05, 0) is 92.5 Å². The highest BCUT2D eigenvalue weighted by atomic mass is 127. The highest BCUT2D eigenvalue weighted by Gasteiger charge is 2.39. The highest BCUT2D eigenvalue weighted by Crippen LogP contribution is 2.39. The molecule has 0 bridgehead atoms. The Morgan fingerprint density at radius 1 is 1.08 bits per heavy atom. The largest absolute Gasteiger partial charge is 0.444 e. The lowest BCUT2D eigenvalue weighted by Gasteiger charge is -2.33. The van der Waals surface area contributed by atoms with Gasteiger partial charge in [0.2, 0.25) is 0 Å². The Balaban J connectivity index is 1.55. The molecular weight excluding hydrogens is 595 g/mol. The van der Waals surface area contributed by atoms with Crippen LogP contribution in [0, 0.1) is 3.57 Å². The number of carbonyl (C=O) groups excluding carboxylic acids is 2. The summed E-state index contributed by atoms with van der Waals surface area (Å²) < 4.78 is 7.82. The van der Waals surface area contributed by atoms with E-state index in [0.29, 0.717) is 14.8 Å². The van der Waals surface area contributed by atoms with Crippen LogP contribution < -0.4 is 11.0 Å². The van der Waals surface area contributed by atoms with E-state index in [1.807, 2.05) is 56.0 Å². The van der Waals surface area contributed by atoms with E-state index in [2.05, 4.69) is 39.8 Å². The molecule has 4 rings (SSSR count). The highest BCUT2D eigenvalue weighted by molar-refractivity contribution is 14.1. The van der Waals surface area contributed by atoms with Crippen LogP contribution in [-0.2, 0) is 4.74 Å². The van der Waals surface area contributed by atoms with E-state index in [9.17, 15) is 14.4 Å². The quantitative estimate of drug-likeness (QED) is 0.322. The van der Waals surface area contributed by atoms with E-state index in [1.165, 1.54) is 4.57 Å². The number of halogens is 1. The predicted octanol–water partition coefficient (Wildman–Crippen LogP) is 6.33. The van der Waals surface area contributed by atoms with Gasteiger partial charge in [0.15, 0.2) is 5.82 Å². The Labute approximate surface area is 236 Å². The molecule has 9 heteroatoms. The average molecular weight is 629 g/mol. The smallest absolute Gasteiger partial charge is 0.411 e. The minimum atomic E-state index is -0.567. The van der Waals surface area contributed by atoms with Crippen LogP contribution >= 0.6 is 22.6 Å². The van der Waals surface area contributed by atoms with Crippen molar-refractivity contribution >= 4 is 40.4 Å². The first-order valence-corrected chi connectivity index (χ1v) is 13.9. The van der Waals surface area contributed by atoms with Gasteiger partial charge >= 0.3 is 11.8 Å². The summed E-state index contributed by atoms with van der Waals surface area (Å²) >= 11 is 2.06. The van der Waals surface area contributed by atoms with Crippen LogP contribution in [0.3, 0.4) is 0 Å². The summed E-state index contributed by atoms with van der Waals surface area (Å²) in [7, 11) is 0. The van der Waals surface area contributed by atoms with E-state index >= 15 is 0 Å². The Bertz CT molecular complexity index is 1350. The zero-order valence-electron chi connectivity index (χ0n) is 22.1. The first kappa shape index (κ1) is 27.8. The fourth-order valence-corrected chi connectivity index (χ4v) is 5.28. The number of amides is 2. The molecule has 1 aromatic heterocycles. The molecule has 1 aliphatic rings. The molecule has 0 spiro atoms. The fraction of sp³-hybridized carbons (Fsp3) is 0.379. The summed E-state index contributed by atoms with van der Waals surface area (Å²) in [6, 6.07) is 16.5. The lowest BCUT2D eigenvalue weighted by atomic mass is 10.0. The third-order valence-corrected chi connectivity index (χ3v) is 7.22. The van der Waals surface area contributed by atoms with Crippen molar-refractivity contribution in [2.75, 3.05) is 5.32 Å². The molecule has 38 heavy (non-hydrogen) atoms. The lowest BCUT2D eigenvalue weighted by Crippen LogP contribution is -2.41. The molecule has 2 amide bonds. The molecule has 2 heterocycles. The number of hydrogen-bond donors (Lipinski definition) is 1. The molecule has 1 N–H and O–H groups in total. The normalized spacial score (nSPS) is 17.3. The van der Waals surface area contributed by atoms with E-state index in [4.69, 9.17) is 4.74 Å². The van der Waals surface area contributed by atoms with Crippen LogP contribution in [0.1, 0.15) is 75.3 Å². The molecule has 3 aromatic rings. The van der Waals surface area contributed by atoms with Gasteiger partial charge in [-0.3, -0.25) is 14.3 Å². The Kier molecular flexibility index (Phi) is 8.54. The molecular formula is C29H33IN4O4. The van der Waals surface area contributed by atoms with Crippen molar-refractivity contribution < 1.29 is 14.3 Å². The van der Waals surface area contributed by atoms with Crippen LogP contribution in [0.4, 0.5) is 10.6 Å². The van der Waals surface area contributed by atoms with Crippen molar-refractivity contribution in [3.05, 3.63) is 86.0 Å². The summed E-state index contributed by atoms with van der Waals surface area (Å²) in [6.07, 6.45) is 5.08. The maximum atomic E-state index is 13.1. The third kappa shape index (κ3) is 6.43. The van der Waals surface area contributed by atoms with E-state index < -0.39 is 11.3 Å². The summed E-state index contributed by atoms with van der Waals surface area (Å²) in [4.78, 5) is 44.5. The van der Waals surface area contributed by atoms with Gasteiger partial charge in [-0.1, -0.05) is 43.7 Å². The summed E-state index contributed by atoms with van der Waals surface area (Å²) in [5.41, 5.74) is 1.07. The number of nitrogens with one attached hydrogen (secondary N) is 1. The molecule has 1 aliphatic heterocycles. The molecule has 1 fully saturated rings. The van der Waals surface area contributed by atoms with Gasteiger partial charge in [0.05, 0.1) is 15.3 Å². The Hall–Kier alpha value is -3.21. The number of ether oxygens (including phenoxy) is 1. The Morgan fingerprint density at radius 2 is 1.76 bits per heavy atom.